The fourth-order valence-electron chi connectivity index (χ4n) is 4.23. The van der Waals surface area contributed by atoms with Gasteiger partial charge in [0.25, 0.3) is 5.91 Å². The second-order valence-corrected chi connectivity index (χ2v) is 7.73. The number of aromatic amines is 1. The van der Waals surface area contributed by atoms with Gasteiger partial charge in [0.05, 0.1) is 24.7 Å². The number of imidazole rings is 1. The molecule has 7 heteroatoms. The van der Waals surface area contributed by atoms with E-state index in [2.05, 4.69) is 22.1 Å². The van der Waals surface area contributed by atoms with E-state index in [1.165, 1.54) is 6.42 Å². The number of likely N-dealkylation sites (tertiary alicyclic amines) is 1. The molecule has 3 aromatic rings. The summed E-state index contributed by atoms with van der Waals surface area (Å²) in [5, 5.41) is 3.05. The fourth-order valence-corrected chi connectivity index (χ4v) is 4.23. The number of carbonyl (C=O) groups is 1. The van der Waals surface area contributed by atoms with Crippen molar-refractivity contribution in [1.29, 1.82) is 0 Å². The topological polar surface area (TPSA) is 79.4 Å². The summed E-state index contributed by atoms with van der Waals surface area (Å²) in [5.74, 6) is 0.670. The second-order valence-electron chi connectivity index (χ2n) is 7.73. The zero-order valence-electron chi connectivity index (χ0n) is 17.5. The highest BCUT2D eigenvalue weighted by molar-refractivity contribution is 5.97. The highest BCUT2D eigenvalue weighted by Crippen LogP contribution is 2.18. The summed E-state index contributed by atoms with van der Waals surface area (Å²) in [6.07, 6.45) is 2.30. The van der Waals surface area contributed by atoms with E-state index in [0.717, 1.165) is 36.3 Å². The van der Waals surface area contributed by atoms with E-state index in [4.69, 9.17) is 4.74 Å². The molecular formula is C23H28N4O3. The van der Waals surface area contributed by atoms with Crippen LogP contribution in [0.5, 0.6) is 5.75 Å². The molecule has 0 spiro atoms. The Morgan fingerprint density at radius 1 is 1.23 bits per heavy atom. The Balaban J connectivity index is 1.49. The summed E-state index contributed by atoms with van der Waals surface area (Å²) in [6, 6.07) is 13.4. The van der Waals surface area contributed by atoms with Gasteiger partial charge in [0, 0.05) is 18.2 Å². The number of fused-ring (bicyclic) bond motifs is 1. The Bertz CT molecular complexity index is 1080. The van der Waals surface area contributed by atoms with Gasteiger partial charge in [-0.1, -0.05) is 19.1 Å². The van der Waals surface area contributed by atoms with Crippen LogP contribution in [0.25, 0.3) is 11.0 Å². The predicted octanol–water partition coefficient (Wildman–Crippen LogP) is 2.60. The molecule has 1 aliphatic heterocycles. The SMILES string of the molecule is CCN1CCC[C@H]1CNC(=O)c1ccc2c(c1)[nH]c(=O)n2Cc1ccc(OC)cc1. The third kappa shape index (κ3) is 4.11. The van der Waals surface area contributed by atoms with Gasteiger partial charge in [-0.25, -0.2) is 4.79 Å². The maximum atomic E-state index is 12.6. The van der Waals surface area contributed by atoms with E-state index in [1.54, 1.807) is 23.8 Å². The van der Waals surface area contributed by atoms with Crippen LogP contribution in [0.1, 0.15) is 35.7 Å². The summed E-state index contributed by atoms with van der Waals surface area (Å²) in [5.41, 5.74) is 2.81. The fraction of sp³-hybridized carbons (Fsp3) is 0.391. The maximum Gasteiger partial charge on any atom is 0.326 e. The zero-order chi connectivity index (χ0) is 21.1. The van der Waals surface area contributed by atoms with Crippen molar-refractivity contribution in [2.45, 2.75) is 32.4 Å². The van der Waals surface area contributed by atoms with Crippen molar-refractivity contribution in [3.8, 4) is 5.75 Å². The normalized spacial score (nSPS) is 16.8. The average Bonchev–Trinajstić information content (AvgIpc) is 3.35. The molecule has 2 heterocycles. The van der Waals surface area contributed by atoms with Gasteiger partial charge in [-0.2, -0.15) is 0 Å². The summed E-state index contributed by atoms with van der Waals surface area (Å²) in [4.78, 5) is 30.4. The molecule has 1 amide bonds. The van der Waals surface area contributed by atoms with Gasteiger partial charge in [0.2, 0.25) is 0 Å². The van der Waals surface area contributed by atoms with E-state index >= 15 is 0 Å². The largest absolute Gasteiger partial charge is 0.497 e. The number of hydrogen-bond donors (Lipinski definition) is 2. The lowest BCUT2D eigenvalue weighted by Crippen LogP contribution is -2.40. The first-order valence-electron chi connectivity index (χ1n) is 10.5. The number of ether oxygens (including phenoxy) is 1. The van der Waals surface area contributed by atoms with Crippen LogP contribution in [-0.4, -0.2) is 53.1 Å². The van der Waals surface area contributed by atoms with Crippen molar-refractivity contribution in [2.75, 3.05) is 26.7 Å². The number of H-pyrrole nitrogens is 1. The number of amides is 1. The van der Waals surface area contributed by atoms with Gasteiger partial charge in [0.15, 0.2) is 0 Å². The molecule has 2 N–H and O–H groups in total. The number of aromatic nitrogens is 2. The molecule has 30 heavy (non-hydrogen) atoms. The summed E-state index contributed by atoms with van der Waals surface area (Å²) in [6.45, 7) is 5.37. The van der Waals surface area contributed by atoms with Crippen LogP contribution in [0.4, 0.5) is 0 Å². The lowest BCUT2D eigenvalue weighted by Gasteiger charge is -2.22. The van der Waals surface area contributed by atoms with E-state index < -0.39 is 0 Å². The maximum absolute atomic E-state index is 12.6. The van der Waals surface area contributed by atoms with Gasteiger partial charge < -0.3 is 15.0 Å². The number of methoxy groups -OCH3 is 1. The number of nitrogens with one attached hydrogen (secondary N) is 2. The number of hydrogen-bond acceptors (Lipinski definition) is 4. The molecule has 1 saturated heterocycles. The van der Waals surface area contributed by atoms with Gasteiger partial charge in [-0.3, -0.25) is 14.3 Å². The average molecular weight is 409 g/mol. The van der Waals surface area contributed by atoms with Crippen LogP contribution in [0, 0.1) is 0 Å². The third-order valence-electron chi connectivity index (χ3n) is 5.94. The lowest BCUT2D eigenvalue weighted by atomic mass is 10.1. The van der Waals surface area contributed by atoms with E-state index in [0.29, 0.717) is 30.2 Å². The van der Waals surface area contributed by atoms with Crippen molar-refractivity contribution in [2.24, 2.45) is 0 Å². The van der Waals surface area contributed by atoms with E-state index in [9.17, 15) is 9.59 Å². The van der Waals surface area contributed by atoms with Crippen LogP contribution < -0.4 is 15.7 Å². The smallest absolute Gasteiger partial charge is 0.326 e. The second kappa shape index (κ2) is 8.75. The standard InChI is InChI=1S/C23H28N4O3/c1-3-26-12-4-5-18(26)14-24-22(28)17-8-11-21-20(13-17)25-23(29)27(21)15-16-6-9-19(30-2)10-7-16/h6-11,13,18H,3-5,12,14-15H2,1-2H3,(H,24,28)(H,25,29)/t18-/m0/s1. The van der Waals surface area contributed by atoms with Crippen LogP contribution in [0.3, 0.4) is 0 Å². The van der Waals surface area contributed by atoms with Crippen molar-refractivity contribution >= 4 is 16.9 Å². The van der Waals surface area contributed by atoms with Gasteiger partial charge >= 0.3 is 5.69 Å². The van der Waals surface area contributed by atoms with Gasteiger partial charge in [0.1, 0.15) is 5.75 Å². The summed E-state index contributed by atoms with van der Waals surface area (Å²) in [7, 11) is 1.63. The first-order valence-corrected chi connectivity index (χ1v) is 10.5. The Kier molecular flexibility index (Phi) is 5.90. The monoisotopic (exact) mass is 408 g/mol. The molecule has 2 aromatic carbocycles. The Morgan fingerprint density at radius 2 is 2.03 bits per heavy atom. The Labute approximate surface area is 175 Å². The molecule has 1 aromatic heterocycles. The molecule has 0 saturated carbocycles. The first kappa shape index (κ1) is 20.2. The molecule has 1 atom stereocenters. The minimum atomic E-state index is -0.192. The first-order chi connectivity index (χ1) is 14.6. The van der Waals surface area contributed by atoms with Crippen LogP contribution in [-0.2, 0) is 6.54 Å². The minimum Gasteiger partial charge on any atom is -0.497 e. The van der Waals surface area contributed by atoms with Crippen LogP contribution >= 0.6 is 0 Å². The molecular weight excluding hydrogens is 380 g/mol. The minimum absolute atomic E-state index is 0.108. The number of likely N-dealkylation sites (N-methyl/N-ethyl adjacent to an activating group) is 1. The van der Waals surface area contributed by atoms with E-state index in [1.807, 2.05) is 30.3 Å². The van der Waals surface area contributed by atoms with Crippen LogP contribution in [0.2, 0.25) is 0 Å². The number of rotatable bonds is 7. The highest BCUT2D eigenvalue weighted by atomic mass is 16.5. The summed E-state index contributed by atoms with van der Waals surface area (Å²) >= 11 is 0. The quantitative estimate of drug-likeness (QED) is 0.630. The molecule has 7 nitrogen and oxygen atoms in total. The van der Waals surface area contributed by atoms with Crippen molar-refractivity contribution < 1.29 is 9.53 Å². The molecule has 0 aliphatic carbocycles. The molecule has 1 fully saturated rings. The van der Waals surface area contributed by atoms with Crippen molar-refractivity contribution in [3.63, 3.8) is 0 Å². The van der Waals surface area contributed by atoms with Gasteiger partial charge in [-0.05, 0) is 61.8 Å². The Morgan fingerprint density at radius 3 is 2.77 bits per heavy atom. The molecule has 0 unspecified atom stereocenters. The third-order valence-corrected chi connectivity index (χ3v) is 5.94. The van der Waals surface area contributed by atoms with Crippen molar-refractivity contribution in [1.82, 2.24) is 19.8 Å². The molecule has 1 aliphatic rings. The number of nitrogens with zero attached hydrogens (tertiary/aromatic N) is 2. The Hall–Kier alpha value is -3.06. The predicted molar refractivity (Wildman–Crippen MR) is 117 cm³/mol. The zero-order valence-corrected chi connectivity index (χ0v) is 17.5. The number of carbonyl (C=O) groups excluding carboxylic acids is 1. The highest BCUT2D eigenvalue weighted by Gasteiger charge is 2.23. The number of benzene rings is 2. The summed E-state index contributed by atoms with van der Waals surface area (Å²) < 4.78 is 6.86. The van der Waals surface area contributed by atoms with Crippen LogP contribution in [0.15, 0.2) is 47.3 Å². The van der Waals surface area contributed by atoms with E-state index in [-0.39, 0.29) is 11.6 Å². The molecule has 0 radical (unpaired) electrons. The van der Waals surface area contributed by atoms with Crippen molar-refractivity contribution in [3.05, 3.63) is 64.1 Å². The molecule has 0 bridgehead atoms. The van der Waals surface area contributed by atoms with Gasteiger partial charge in [-0.15, -0.1) is 0 Å². The molecule has 4 rings (SSSR count). The lowest BCUT2D eigenvalue weighted by molar-refractivity contribution is 0.0941. The molecule has 158 valence electrons.